The first-order chi connectivity index (χ1) is 7.95. The summed E-state index contributed by atoms with van der Waals surface area (Å²) in [5, 5.41) is 10.9. The summed E-state index contributed by atoms with van der Waals surface area (Å²) in [5.74, 6) is 0.666. The Labute approximate surface area is 111 Å². The second kappa shape index (κ2) is 4.68. The molecule has 1 aromatic rings. The van der Waals surface area contributed by atoms with Crippen LogP contribution < -0.4 is 4.74 Å². The zero-order valence-electron chi connectivity index (χ0n) is 9.91. The molecule has 1 saturated carbocycles. The van der Waals surface area contributed by atoms with Gasteiger partial charge in [0.05, 0.1) is 6.10 Å². The molecule has 4 heteroatoms. The van der Waals surface area contributed by atoms with Crippen LogP contribution in [-0.2, 0) is 0 Å². The molecule has 0 heterocycles. The van der Waals surface area contributed by atoms with Crippen LogP contribution in [0.2, 0.25) is 10.0 Å². The molecule has 0 spiro atoms. The third kappa shape index (κ3) is 2.40. The van der Waals surface area contributed by atoms with Gasteiger partial charge in [-0.1, -0.05) is 37.0 Å². The fourth-order valence-electron chi connectivity index (χ4n) is 2.20. The van der Waals surface area contributed by atoms with E-state index in [0.29, 0.717) is 22.2 Å². The van der Waals surface area contributed by atoms with Crippen molar-refractivity contribution in [3.05, 3.63) is 28.2 Å². The molecule has 3 atom stereocenters. The summed E-state index contributed by atoms with van der Waals surface area (Å²) in [6.07, 6.45) is 1.28. The first-order valence-electron chi connectivity index (χ1n) is 5.76. The average molecular weight is 275 g/mol. The predicted octanol–water partition coefficient (Wildman–Crippen LogP) is 3.92. The Morgan fingerprint density at radius 3 is 2.41 bits per heavy atom. The number of rotatable bonds is 3. The second-order valence-corrected chi connectivity index (χ2v) is 5.70. The van der Waals surface area contributed by atoms with Crippen molar-refractivity contribution >= 4 is 23.2 Å². The molecule has 94 valence electrons. The van der Waals surface area contributed by atoms with Gasteiger partial charge in [0.1, 0.15) is 11.9 Å². The summed E-state index contributed by atoms with van der Waals surface area (Å²) in [5.41, 5.74) is -0.172. The van der Waals surface area contributed by atoms with Crippen LogP contribution in [0.15, 0.2) is 18.2 Å². The number of halogens is 2. The maximum Gasteiger partial charge on any atom is 0.122 e. The normalized spacial score (nSPS) is 32.1. The first kappa shape index (κ1) is 13.0. The Hall–Kier alpha value is -0.440. The van der Waals surface area contributed by atoms with Gasteiger partial charge in [-0.15, -0.1) is 0 Å². The van der Waals surface area contributed by atoms with Crippen molar-refractivity contribution in [1.29, 1.82) is 0 Å². The standard InChI is InChI=1S/C13H16Cl2O2/c1-3-13(2)11(16)7-12(13)17-10-5-8(14)4-9(15)6-10/h4-6,11-12,16H,3,7H2,1-2H3. The van der Waals surface area contributed by atoms with Gasteiger partial charge in [0.15, 0.2) is 0 Å². The lowest BCUT2D eigenvalue weighted by molar-refractivity contribution is -0.147. The van der Waals surface area contributed by atoms with Crippen LogP contribution in [0.3, 0.4) is 0 Å². The van der Waals surface area contributed by atoms with Crippen molar-refractivity contribution in [1.82, 2.24) is 0 Å². The van der Waals surface area contributed by atoms with Crippen molar-refractivity contribution in [3.8, 4) is 5.75 Å². The zero-order chi connectivity index (χ0) is 12.6. The fraction of sp³-hybridized carbons (Fsp3) is 0.538. The highest BCUT2D eigenvalue weighted by molar-refractivity contribution is 6.34. The van der Waals surface area contributed by atoms with Crippen LogP contribution in [0.1, 0.15) is 26.7 Å². The highest BCUT2D eigenvalue weighted by atomic mass is 35.5. The third-order valence-corrected chi connectivity index (χ3v) is 4.25. The van der Waals surface area contributed by atoms with Crippen molar-refractivity contribution in [2.45, 2.75) is 38.9 Å². The monoisotopic (exact) mass is 274 g/mol. The van der Waals surface area contributed by atoms with Gasteiger partial charge in [0, 0.05) is 21.9 Å². The molecule has 0 aromatic heterocycles. The topological polar surface area (TPSA) is 29.5 Å². The molecule has 1 aliphatic rings. The Balaban J connectivity index is 2.12. The first-order valence-corrected chi connectivity index (χ1v) is 6.52. The number of aliphatic hydroxyl groups excluding tert-OH is 1. The molecular weight excluding hydrogens is 259 g/mol. The van der Waals surface area contributed by atoms with E-state index in [4.69, 9.17) is 27.9 Å². The van der Waals surface area contributed by atoms with E-state index in [1.54, 1.807) is 18.2 Å². The molecule has 17 heavy (non-hydrogen) atoms. The lowest BCUT2D eigenvalue weighted by Crippen LogP contribution is -2.57. The molecule has 1 N–H and O–H groups in total. The number of hydrogen-bond acceptors (Lipinski definition) is 2. The number of aliphatic hydroxyl groups is 1. The summed E-state index contributed by atoms with van der Waals surface area (Å²) in [7, 11) is 0. The molecule has 1 aromatic carbocycles. The van der Waals surface area contributed by atoms with Gasteiger partial charge in [0.25, 0.3) is 0 Å². The molecule has 0 bridgehead atoms. The molecular formula is C13H16Cl2O2. The molecule has 2 rings (SSSR count). The van der Waals surface area contributed by atoms with Gasteiger partial charge in [-0.3, -0.25) is 0 Å². The Morgan fingerprint density at radius 2 is 1.94 bits per heavy atom. The number of benzene rings is 1. The van der Waals surface area contributed by atoms with Crippen molar-refractivity contribution in [3.63, 3.8) is 0 Å². The van der Waals surface area contributed by atoms with Gasteiger partial charge >= 0.3 is 0 Å². The summed E-state index contributed by atoms with van der Waals surface area (Å²) in [6, 6.07) is 5.16. The summed E-state index contributed by atoms with van der Waals surface area (Å²) in [4.78, 5) is 0. The highest BCUT2D eigenvalue weighted by Crippen LogP contribution is 2.46. The zero-order valence-corrected chi connectivity index (χ0v) is 11.4. The Bertz CT molecular complexity index is 402. The summed E-state index contributed by atoms with van der Waals surface area (Å²) >= 11 is 11.8. The predicted molar refractivity (Wildman–Crippen MR) is 69.9 cm³/mol. The number of hydrogen-bond donors (Lipinski definition) is 1. The molecule has 0 saturated heterocycles. The van der Waals surface area contributed by atoms with E-state index in [0.717, 1.165) is 6.42 Å². The molecule has 3 unspecified atom stereocenters. The quantitative estimate of drug-likeness (QED) is 0.905. The van der Waals surface area contributed by atoms with Crippen molar-refractivity contribution in [2.75, 3.05) is 0 Å². The number of ether oxygens (including phenoxy) is 1. The molecule has 2 nitrogen and oxygen atoms in total. The highest BCUT2D eigenvalue weighted by Gasteiger charge is 2.51. The Morgan fingerprint density at radius 1 is 1.35 bits per heavy atom. The molecule has 1 fully saturated rings. The van der Waals surface area contributed by atoms with E-state index in [1.165, 1.54) is 0 Å². The van der Waals surface area contributed by atoms with Crippen molar-refractivity contribution in [2.24, 2.45) is 5.41 Å². The summed E-state index contributed by atoms with van der Waals surface area (Å²) in [6.45, 7) is 4.10. The molecule has 0 radical (unpaired) electrons. The van der Waals surface area contributed by atoms with E-state index in [2.05, 4.69) is 6.92 Å². The van der Waals surface area contributed by atoms with Gasteiger partial charge in [-0.25, -0.2) is 0 Å². The van der Waals surface area contributed by atoms with Gasteiger partial charge in [0.2, 0.25) is 0 Å². The van der Waals surface area contributed by atoms with Crippen LogP contribution in [0, 0.1) is 5.41 Å². The van der Waals surface area contributed by atoms with Crippen LogP contribution in [0.4, 0.5) is 0 Å². The largest absolute Gasteiger partial charge is 0.490 e. The minimum Gasteiger partial charge on any atom is -0.490 e. The smallest absolute Gasteiger partial charge is 0.122 e. The van der Waals surface area contributed by atoms with Crippen LogP contribution in [0.5, 0.6) is 5.75 Å². The van der Waals surface area contributed by atoms with Gasteiger partial charge < -0.3 is 9.84 Å². The minimum atomic E-state index is -0.285. The van der Waals surface area contributed by atoms with Gasteiger partial charge in [-0.05, 0) is 24.6 Å². The Kier molecular flexibility index (Phi) is 3.58. The molecule has 1 aliphatic carbocycles. The van der Waals surface area contributed by atoms with Crippen LogP contribution >= 0.6 is 23.2 Å². The van der Waals surface area contributed by atoms with Crippen LogP contribution in [0.25, 0.3) is 0 Å². The van der Waals surface area contributed by atoms with Crippen molar-refractivity contribution < 1.29 is 9.84 Å². The third-order valence-electron chi connectivity index (χ3n) is 3.81. The molecule has 0 aliphatic heterocycles. The lowest BCUT2D eigenvalue weighted by Gasteiger charge is -2.50. The minimum absolute atomic E-state index is 0.0250. The van der Waals surface area contributed by atoms with E-state index in [1.807, 2.05) is 6.92 Å². The van der Waals surface area contributed by atoms with Crippen LogP contribution in [-0.4, -0.2) is 17.3 Å². The van der Waals surface area contributed by atoms with E-state index in [-0.39, 0.29) is 17.6 Å². The van der Waals surface area contributed by atoms with E-state index < -0.39 is 0 Å². The van der Waals surface area contributed by atoms with E-state index >= 15 is 0 Å². The lowest BCUT2D eigenvalue weighted by atomic mass is 9.63. The van der Waals surface area contributed by atoms with Gasteiger partial charge in [-0.2, -0.15) is 0 Å². The second-order valence-electron chi connectivity index (χ2n) is 4.82. The summed E-state index contributed by atoms with van der Waals surface area (Å²) < 4.78 is 5.86. The van der Waals surface area contributed by atoms with E-state index in [9.17, 15) is 5.11 Å². The molecule has 0 amide bonds. The average Bonchev–Trinajstić information content (AvgIpc) is 2.26. The maximum absolute atomic E-state index is 9.79. The SMILES string of the molecule is CCC1(C)C(O)CC1Oc1cc(Cl)cc(Cl)c1. The maximum atomic E-state index is 9.79. The fourth-order valence-corrected chi connectivity index (χ4v) is 2.71.